The summed E-state index contributed by atoms with van der Waals surface area (Å²) < 4.78 is 0. The topological polar surface area (TPSA) is 35.6 Å². The lowest BCUT2D eigenvalue weighted by Crippen LogP contribution is -2.48. The van der Waals surface area contributed by atoms with Gasteiger partial charge in [-0.1, -0.05) is 30.3 Å². The van der Waals surface area contributed by atoms with E-state index in [1.165, 1.54) is 16.0 Å². The van der Waals surface area contributed by atoms with E-state index in [-0.39, 0.29) is 6.03 Å². The van der Waals surface area contributed by atoms with E-state index in [1.54, 1.807) is 11.3 Å². The van der Waals surface area contributed by atoms with Crippen molar-refractivity contribution >= 4 is 17.4 Å². The Morgan fingerprint density at radius 1 is 1.27 bits per heavy atom. The van der Waals surface area contributed by atoms with Crippen LogP contribution in [0.3, 0.4) is 0 Å². The van der Waals surface area contributed by atoms with Crippen molar-refractivity contribution in [3.63, 3.8) is 0 Å². The van der Waals surface area contributed by atoms with Gasteiger partial charge >= 0.3 is 6.03 Å². The van der Waals surface area contributed by atoms with E-state index in [1.807, 2.05) is 4.90 Å². The van der Waals surface area contributed by atoms with E-state index in [9.17, 15) is 4.79 Å². The van der Waals surface area contributed by atoms with Crippen molar-refractivity contribution in [3.05, 3.63) is 57.8 Å². The molecule has 0 spiro atoms. The fourth-order valence-corrected chi connectivity index (χ4v) is 4.39. The summed E-state index contributed by atoms with van der Waals surface area (Å²) in [7, 11) is 0. The van der Waals surface area contributed by atoms with Crippen LogP contribution in [0.2, 0.25) is 0 Å². The van der Waals surface area contributed by atoms with Gasteiger partial charge in [0.1, 0.15) is 0 Å². The Balaban J connectivity index is 1.30. The lowest BCUT2D eigenvalue weighted by Gasteiger charge is -2.34. The van der Waals surface area contributed by atoms with E-state index in [0.717, 1.165) is 38.9 Å². The van der Waals surface area contributed by atoms with Gasteiger partial charge in [0.2, 0.25) is 0 Å². The highest BCUT2D eigenvalue weighted by Crippen LogP contribution is 2.29. The Hall–Kier alpha value is -1.85. The molecule has 1 aliphatic carbocycles. The Kier molecular flexibility index (Phi) is 5.27. The molecule has 2 aliphatic rings. The molecule has 1 fully saturated rings. The highest BCUT2D eigenvalue weighted by Gasteiger charge is 2.33. The summed E-state index contributed by atoms with van der Waals surface area (Å²) in [5, 5.41) is 5.27. The first-order valence-corrected chi connectivity index (χ1v) is 10.5. The third kappa shape index (κ3) is 4.10. The maximum Gasteiger partial charge on any atom is 0.318 e. The number of amides is 2. The maximum absolute atomic E-state index is 12.7. The molecule has 4 rings (SSSR count). The van der Waals surface area contributed by atoms with Gasteiger partial charge in [-0.25, -0.2) is 4.79 Å². The van der Waals surface area contributed by atoms with E-state index in [2.05, 4.69) is 58.9 Å². The summed E-state index contributed by atoms with van der Waals surface area (Å²) in [6.07, 6.45) is 3.37. The Labute approximate surface area is 159 Å². The van der Waals surface area contributed by atoms with E-state index < -0.39 is 0 Å². The predicted molar refractivity (Wildman–Crippen MR) is 106 cm³/mol. The summed E-state index contributed by atoms with van der Waals surface area (Å²) >= 11 is 1.72. The van der Waals surface area contributed by atoms with Crippen LogP contribution in [0.5, 0.6) is 0 Å². The zero-order chi connectivity index (χ0) is 17.9. The third-order valence-electron chi connectivity index (χ3n) is 5.49. The molecule has 2 amide bonds. The minimum Gasteiger partial charge on any atom is -0.336 e. The summed E-state index contributed by atoms with van der Waals surface area (Å²) in [5.74, 6) is 0. The number of carbonyl (C=O) groups is 1. The quantitative estimate of drug-likeness (QED) is 0.839. The fraction of sp³-hybridized carbons (Fsp3) is 0.476. The fourth-order valence-electron chi connectivity index (χ4n) is 3.68. The second kappa shape index (κ2) is 7.80. The molecule has 4 nitrogen and oxygen atoms in total. The van der Waals surface area contributed by atoms with Crippen LogP contribution < -0.4 is 5.32 Å². The van der Waals surface area contributed by atoms with Gasteiger partial charge in [0.05, 0.1) is 6.54 Å². The molecule has 138 valence electrons. The molecule has 5 heteroatoms. The van der Waals surface area contributed by atoms with Crippen LogP contribution in [-0.2, 0) is 19.5 Å². The van der Waals surface area contributed by atoms with E-state index in [0.29, 0.717) is 18.6 Å². The minimum absolute atomic E-state index is 0.0881. The Morgan fingerprint density at radius 2 is 2.08 bits per heavy atom. The molecule has 1 unspecified atom stereocenters. The molecule has 26 heavy (non-hydrogen) atoms. The lowest BCUT2D eigenvalue weighted by atomic mass is 9.99. The van der Waals surface area contributed by atoms with Crippen molar-refractivity contribution in [2.24, 2.45) is 0 Å². The summed E-state index contributed by atoms with van der Waals surface area (Å²) in [6, 6.07) is 13.7. The Bertz CT molecular complexity index is 741. The smallest absolute Gasteiger partial charge is 0.318 e. The molecular formula is C21H27N3OS. The van der Waals surface area contributed by atoms with Crippen molar-refractivity contribution in [2.45, 2.75) is 51.4 Å². The van der Waals surface area contributed by atoms with Gasteiger partial charge in [-0.15, -0.1) is 11.3 Å². The molecule has 2 heterocycles. The number of hydrogen-bond donors (Lipinski definition) is 1. The van der Waals surface area contributed by atoms with Crippen molar-refractivity contribution < 1.29 is 4.79 Å². The summed E-state index contributed by atoms with van der Waals surface area (Å²) in [4.78, 5) is 18.5. The van der Waals surface area contributed by atoms with Crippen molar-refractivity contribution in [2.75, 3.05) is 13.1 Å². The summed E-state index contributed by atoms with van der Waals surface area (Å²) in [6.45, 7) is 5.70. The van der Waals surface area contributed by atoms with Gasteiger partial charge < -0.3 is 10.2 Å². The van der Waals surface area contributed by atoms with Crippen LogP contribution in [0.15, 0.2) is 41.8 Å². The van der Waals surface area contributed by atoms with Gasteiger partial charge in [-0.3, -0.25) is 4.90 Å². The van der Waals surface area contributed by atoms with Crippen LogP contribution in [0.25, 0.3) is 0 Å². The number of benzene rings is 1. The minimum atomic E-state index is 0.0881. The molecule has 1 aromatic carbocycles. The molecule has 2 aromatic rings. The number of thiophene rings is 1. The van der Waals surface area contributed by atoms with Crippen LogP contribution in [-0.4, -0.2) is 41.0 Å². The van der Waals surface area contributed by atoms with Crippen LogP contribution in [0, 0.1) is 0 Å². The molecular weight excluding hydrogens is 342 g/mol. The molecule has 1 N–H and O–H groups in total. The number of nitrogens with zero attached hydrogens (tertiary/aromatic N) is 2. The average Bonchev–Trinajstić information content (AvgIpc) is 3.39. The first-order valence-electron chi connectivity index (χ1n) is 9.58. The van der Waals surface area contributed by atoms with Gasteiger partial charge in [-0.05, 0) is 48.8 Å². The highest BCUT2D eigenvalue weighted by molar-refractivity contribution is 7.09. The summed E-state index contributed by atoms with van der Waals surface area (Å²) in [5.41, 5.74) is 2.89. The second-order valence-corrected chi connectivity index (χ2v) is 8.49. The molecule has 1 aromatic heterocycles. The maximum atomic E-state index is 12.7. The van der Waals surface area contributed by atoms with Crippen LogP contribution in [0.4, 0.5) is 4.79 Å². The zero-order valence-electron chi connectivity index (χ0n) is 15.4. The number of carbonyl (C=O) groups excluding carboxylic acids is 1. The van der Waals surface area contributed by atoms with Gasteiger partial charge in [0.25, 0.3) is 0 Å². The highest BCUT2D eigenvalue weighted by atomic mass is 32.1. The lowest BCUT2D eigenvalue weighted by molar-refractivity contribution is 0.170. The molecule has 0 bridgehead atoms. The zero-order valence-corrected chi connectivity index (χ0v) is 16.2. The number of fused-ring (bicyclic) bond motifs is 1. The Morgan fingerprint density at radius 3 is 2.81 bits per heavy atom. The first-order chi connectivity index (χ1) is 12.7. The number of rotatable bonds is 6. The van der Waals surface area contributed by atoms with E-state index in [4.69, 9.17) is 0 Å². The molecule has 0 saturated heterocycles. The number of urea groups is 1. The molecule has 0 radical (unpaired) electrons. The van der Waals surface area contributed by atoms with E-state index >= 15 is 0 Å². The van der Waals surface area contributed by atoms with Crippen molar-refractivity contribution in [3.8, 4) is 0 Å². The van der Waals surface area contributed by atoms with Gasteiger partial charge in [0.15, 0.2) is 0 Å². The monoisotopic (exact) mass is 369 g/mol. The third-order valence-corrected chi connectivity index (χ3v) is 6.35. The number of nitrogens with one attached hydrogen (secondary N) is 1. The van der Waals surface area contributed by atoms with Crippen LogP contribution in [0.1, 0.15) is 35.8 Å². The molecule has 1 saturated carbocycles. The second-order valence-electron chi connectivity index (χ2n) is 7.46. The largest absolute Gasteiger partial charge is 0.336 e. The van der Waals surface area contributed by atoms with Gasteiger partial charge in [-0.2, -0.15) is 0 Å². The normalized spacial score (nSPS) is 18.2. The van der Waals surface area contributed by atoms with Crippen LogP contribution >= 0.6 is 11.3 Å². The average molecular weight is 370 g/mol. The van der Waals surface area contributed by atoms with Gasteiger partial charge in [0, 0.05) is 36.6 Å². The molecule has 1 atom stereocenters. The molecule has 1 aliphatic heterocycles. The first kappa shape index (κ1) is 17.6. The standard InChI is InChI=1S/C21H27N3OS/c1-16(23-11-10-17-5-2-3-6-18(17)14-23)13-22-21(25)24(19-8-9-19)15-20-7-4-12-26-20/h2-7,12,16,19H,8-11,13-15H2,1H3,(H,22,25). The van der Waals surface area contributed by atoms with Crippen molar-refractivity contribution in [1.29, 1.82) is 0 Å². The predicted octanol–water partition coefficient (Wildman–Crippen LogP) is 3.87. The SMILES string of the molecule is CC(CNC(=O)N(Cc1cccs1)C1CC1)N1CCc2ccccc2C1. The van der Waals surface area contributed by atoms with Crippen molar-refractivity contribution in [1.82, 2.24) is 15.1 Å². The number of hydrogen-bond acceptors (Lipinski definition) is 3.